The van der Waals surface area contributed by atoms with Gasteiger partial charge in [-0.3, -0.25) is 9.59 Å². The van der Waals surface area contributed by atoms with Crippen LogP contribution in [0, 0.1) is 11.8 Å². The minimum absolute atomic E-state index is 0.169. The summed E-state index contributed by atoms with van der Waals surface area (Å²) in [7, 11) is 1.59. The largest absolute Gasteiger partial charge is 0.497 e. The molecule has 0 heterocycles. The molecule has 5 heteroatoms. The van der Waals surface area contributed by atoms with Gasteiger partial charge < -0.3 is 15.2 Å². The molecule has 1 amide bonds. The monoisotopic (exact) mass is 277 g/mol. The van der Waals surface area contributed by atoms with E-state index in [2.05, 4.69) is 5.32 Å². The summed E-state index contributed by atoms with van der Waals surface area (Å²) in [5.74, 6) is -1.25. The molecule has 0 spiro atoms. The Morgan fingerprint density at radius 2 is 2.10 bits per heavy atom. The maximum atomic E-state index is 12.1. The topological polar surface area (TPSA) is 75.6 Å². The number of methoxy groups -OCH3 is 1. The predicted molar refractivity (Wildman–Crippen MR) is 73.3 cm³/mol. The Kier molecular flexibility index (Phi) is 4.61. The molecule has 20 heavy (non-hydrogen) atoms. The zero-order valence-electron chi connectivity index (χ0n) is 11.5. The summed E-state index contributed by atoms with van der Waals surface area (Å²) in [6.45, 7) is 0.388. The number of ether oxygens (including phenoxy) is 1. The number of benzene rings is 1. The molecule has 1 aromatic carbocycles. The Bertz CT molecular complexity index is 500. The van der Waals surface area contributed by atoms with E-state index in [1.54, 1.807) is 7.11 Å². The van der Waals surface area contributed by atoms with Gasteiger partial charge in [0.1, 0.15) is 5.75 Å². The second kappa shape index (κ2) is 6.41. The third-order valence-corrected chi connectivity index (χ3v) is 3.77. The van der Waals surface area contributed by atoms with Crippen LogP contribution in [-0.2, 0) is 16.1 Å². The normalized spacial score (nSPS) is 21.4. The summed E-state index contributed by atoms with van der Waals surface area (Å²) in [4.78, 5) is 23.2. The van der Waals surface area contributed by atoms with Gasteiger partial charge in [0, 0.05) is 6.54 Å². The first-order valence-electron chi connectivity index (χ1n) is 6.75. The summed E-state index contributed by atoms with van der Waals surface area (Å²) >= 11 is 0. The van der Waals surface area contributed by atoms with E-state index in [1.807, 2.05) is 24.3 Å². The van der Waals surface area contributed by atoms with E-state index in [9.17, 15) is 9.59 Å². The fourth-order valence-electron chi connectivity index (χ4n) is 2.67. The number of aliphatic carboxylic acids is 1. The minimum Gasteiger partial charge on any atom is -0.497 e. The molecule has 1 aliphatic rings. The van der Waals surface area contributed by atoms with Crippen LogP contribution in [0.1, 0.15) is 24.8 Å². The van der Waals surface area contributed by atoms with Crippen LogP contribution in [0.5, 0.6) is 5.75 Å². The van der Waals surface area contributed by atoms with Crippen LogP contribution < -0.4 is 10.1 Å². The number of carboxylic acids is 1. The van der Waals surface area contributed by atoms with E-state index in [-0.39, 0.29) is 5.91 Å². The van der Waals surface area contributed by atoms with Crippen molar-refractivity contribution in [2.75, 3.05) is 7.11 Å². The number of rotatable bonds is 5. The first-order valence-corrected chi connectivity index (χ1v) is 6.75. The molecule has 2 rings (SSSR count). The molecule has 0 bridgehead atoms. The quantitative estimate of drug-likeness (QED) is 0.860. The highest BCUT2D eigenvalue weighted by molar-refractivity contribution is 5.85. The minimum atomic E-state index is -0.871. The summed E-state index contributed by atoms with van der Waals surface area (Å²) in [5.41, 5.74) is 0.933. The van der Waals surface area contributed by atoms with Crippen LogP contribution >= 0.6 is 0 Å². The van der Waals surface area contributed by atoms with Crippen molar-refractivity contribution in [2.45, 2.75) is 25.8 Å². The number of hydrogen-bond acceptors (Lipinski definition) is 3. The van der Waals surface area contributed by atoms with Crippen LogP contribution in [0.3, 0.4) is 0 Å². The van der Waals surface area contributed by atoms with Crippen LogP contribution in [0.25, 0.3) is 0 Å². The number of carbonyl (C=O) groups excluding carboxylic acids is 1. The van der Waals surface area contributed by atoms with Gasteiger partial charge in [0.05, 0.1) is 18.9 Å². The van der Waals surface area contributed by atoms with Crippen molar-refractivity contribution in [3.63, 3.8) is 0 Å². The molecule has 0 radical (unpaired) electrons. The van der Waals surface area contributed by atoms with Gasteiger partial charge in [0.2, 0.25) is 5.91 Å². The summed E-state index contributed by atoms with van der Waals surface area (Å²) in [5, 5.41) is 11.9. The zero-order valence-corrected chi connectivity index (χ0v) is 11.5. The number of hydrogen-bond donors (Lipinski definition) is 2. The number of amides is 1. The number of nitrogens with one attached hydrogen (secondary N) is 1. The molecule has 1 saturated carbocycles. The van der Waals surface area contributed by atoms with E-state index in [1.165, 1.54) is 0 Å². The lowest BCUT2D eigenvalue weighted by atomic mass is 9.95. The predicted octanol–water partition coefficient (Wildman–Crippen LogP) is 1.81. The van der Waals surface area contributed by atoms with Gasteiger partial charge in [-0.05, 0) is 30.5 Å². The molecule has 2 atom stereocenters. The lowest BCUT2D eigenvalue weighted by molar-refractivity contribution is -0.146. The Balaban J connectivity index is 1.93. The molecule has 1 aliphatic carbocycles. The average molecular weight is 277 g/mol. The van der Waals surface area contributed by atoms with Crippen LogP contribution in [-0.4, -0.2) is 24.1 Å². The Hall–Kier alpha value is -2.04. The van der Waals surface area contributed by atoms with Crippen LogP contribution in [0.15, 0.2) is 24.3 Å². The second-order valence-electron chi connectivity index (χ2n) is 5.05. The standard InChI is InChI=1S/C15H19NO4/c1-20-11-5-2-4-10(8-11)9-16-14(17)12-6-3-7-13(12)15(18)19/h2,4-5,8,12-13H,3,6-7,9H2,1H3,(H,16,17)(H,18,19). The van der Waals surface area contributed by atoms with Crippen molar-refractivity contribution in [2.24, 2.45) is 11.8 Å². The van der Waals surface area contributed by atoms with Gasteiger partial charge >= 0.3 is 5.97 Å². The third kappa shape index (κ3) is 3.29. The van der Waals surface area contributed by atoms with Crippen molar-refractivity contribution in [1.82, 2.24) is 5.32 Å². The average Bonchev–Trinajstić information content (AvgIpc) is 2.94. The molecule has 5 nitrogen and oxygen atoms in total. The number of carboxylic acid groups (broad SMARTS) is 1. The first-order chi connectivity index (χ1) is 9.61. The molecule has 1 fully saturated rings. The fraction of sp³-hybridized carbons (Fsp3) is 0.467. The molecule has 0 saturated heterocycles. The molecule has 2 N–H and O–H groups in total. The van der Waals surface area contributed by atoms with Crippen molar-refractivity contribution < 1.29 is 19.4 Å². The highest BCUT2D eigenvalue weighted by Gasteiger charge is 2.37. The Morgan fingerprint density at radius 3 is 2.80 bits per heavy atom. The van der Waals surface area contributed by atoms with Gasteiger partial charge in [-0.2, -0.15) is 0 Å². The maximum absolute atomic E-state index is 12.1. The zero-order chi connectivity index (χ0) is 14.5. The van der Waals surface area contributed by atoms with Crippen LogP contribution in [0.4, 0.5) is 0 Å². The van der Waals surface area contributed by atoms with Crippen molar-refractivity contribution in [1.29, 1.82) is 0 Å². The first kappa shape index (κ1) is 14.4. The summed E-state index contributed by atoms with van der Waals surface area (Å²) in [6.07, 6.45) is 2.04. The molecule has 0 aliphatic heterocycles. The molecule has 0 aromatic heterocycles. The Labute approximate surface area is 117 Å². The lowest BCUT2D eigenvalue weighted by Crippen LogP contribution is -2.34. The van der Waals surface area contributed by atoms with Gasteiger partial charge in [0.15, 0.2) is 0 Å². The van der Waals surface area contributed by atoms with Crippen LogP contribution in [0.2, 0.25) is 0 Å². The van der Waals surface area contributed by atoms with E-state index in [4.69, 9.17) is 9.84 Å². The van der Waals surface area contributed by atoms with Crippen molar-refractivity contribution >= 4 is 11.9 Å². The molecular formula is C15H19NO4. The smallest absolute Gasteiger partial charge is 0.307 e. The summed E-state index contributed by atoms with van der Waals surface area (Å²) in [6, 6.07) is 7.44. The summed E-state index contributed by atoms with van der Waals surface area (Å²) < 4.78 is 5.12. The van der Waals surface area contributed by atoms with Gasteiger partial charge in [-0.15, -0.1) is 0 Å². The van der Waals surface area contributed by atoms with E-state index in [0.717, 1.165) is 17.7 Å². The van der Waals surface area contributed by atoms with Crippen molar-refractivity contribution in [3.8, 4) is 5.75 Å². The lowest BCUT2D eigenvalue weighted by Gasteiger charge is -2.15. The SMILES string of the molecule is COc1cccc(CNC(=O)C2CCCC2C(=O)O)c1. The van der Waals surface area contributed by atoms with Gasteiger partial charge in [0.25, 0.3) is 0 Å². The number of carbonyl (C=O) groups is 2. The van der Waals surface area contributed by atoms with E-state index in [0.29, 0.717) is 19.4 Å². The fourth-order valence-corrected chi connectivity index (χ4v) is 2.67. The molecule has 108 valence electrons. The molecular weight excluding hydrogens is 258 g/mol. The second-order valence-corrected chi connectivity index (χ2v) is 5.05. The van der Waals surface area contributed by atoms with Gasteiger partial charge in [-0.1, -0.05) is 18.6 Å². The van der Waals surface area contributed by atoms with Crippen molar-refractivity contribution in [3.05, 3.63) is 29.8 Å². The maximum Gasteiger partial charge on any atom is 0.307 e. The van der Waals surface area contributed by atoms with E-state index >= 15 is 0 Å². The van der Waals surface area contributed by atoms with Gasteiger partial charge in [-0.25, -0.2) is 0 Å². The molecule has 1 aromatic rings. The Morgan fingerprint density at radius 1 is 1.35 bits per heavy atom. The van der Waals surface area contributed by atoms with E-state index < -0.39 is 17.8 Å². The highest BCUT2D eigenvalue weighted by atomic mass is 16.5. The highest BCUT2D eigenvalue weighted by Crippen LogP contribution is 2.32. The molecule has 2 unspecified atom stereocenters. The third-order valence-electron chi connectivity index (χ3n) is 3.77.